The van der Waals surface area contributed by atoms with Gasteiger partial charge >= 0.3 is 5.97 Å². The Balaban J connectivity index is 2.68. The van der Waals surface area contributed by atoms with Crippen LogP contribution < -0.4 is 4.74 Å². The van der Waals surface area contributed by atoms with Crippen LogP contribution in [0, 0.1) is 12.7 Å². The van der Waals surface area contributed by atoms with Crippen molar-refractivity contribution in [2.24, 2.45) is 0 Å². The molecule has 0 saturated heterocycles. The van der Waals surface area contributed by atoms with Gasteiger partial charge in [0.1, 0.15) is 0 Å². The summed E-state index contributed by atoms with van der Waals surface area (Å²) < 4.78 is 19.5. The van der Waals surface area contributed by atoms with Crippen LogP contribution in [0.15, 0.2) is 6.07 Å². The van der Waals surface area contributed by atoms with Crippen molar-refractivity contribution in [2.45, 2.75) is 38.0 Å². The van der Waals surface area contributed by atoms with E-state index < -0.39 is 17.2 Å². The molecule has 0 unspecified atom stereocenters. The lowest BCUT2D eigenvalue weighted by atomic mass is 9.78. The highest BCUT2D eigenvalue weighted by molar-refractivity contribution is 6.32. The quantitative estimate of drug-likeness (QED) is 0.922. The molecule has 104 valence electrons. The summed E-state index contributed by atoms with van der Waals surface area (Å²) in [6, 6.07) is 1.54. The topological polar surface area (TPSA) is 46.5 Å². The molecule has 0 spiro atoms. The van der Waals surface area contributed by atoms with Crippen molar-refractivity contribution in [3.05, 3.63) is 28.0 Å². The Morgan fingerprint density at radius 3 is 2.53 bits per heavy atom. The van der Waals surface area contributed by atoms with Crippen molar-refractivity contribution in [3.8, 4) is 5.75 Å². The van der Waals surface area contributed by atoms with E-state index in [9.17, 15) is 14.3 Å². The zero-order valence-electron chi connectivity index (χ0n) is 10.9. The summed E-state index contributed by atoms with van der Waals surface area (Å²) in [5, 5.41) is 9.72. The first-order chi connectivity index (χ1) is 8.94. The number of aryl methyl sites for hydroxylation is 1. The number of hydrogen-bond donors (Lipinski definition) is 1. The molecule has 0 aliphatic heterocycles. The molecule has 1 aliphatic carbocycles. The number of carboxylic acid groups (broad SMARTS) is 1. The number of ether oxygens (including phenoxy) is 1. The van der Waals surface area contributed by atoms with Crippen LogP contribution in [0.2, 0.25) is 5.02 Å². The van der Waals surface area contributed by atoms with Crippen molar-refractivity contribution >= 4 is 17.6 Å². The number of aliphatic carboxylic acids is 1. The second kappa shape index (κ2) is 5.00. The fraction of sp³-hybridized carbons (Fsp3) is 0.500. The highest BCUT2D eigenvalue weighted by Crippen LogP contribution is 2.46. The van der Waals surface area contributed by atoms with Gasteiger partial charge in [0.25, 0.3) is 0 Å². The summed E-state index contributed by atoms with van der Waals surface area (Å²) in [6.07, 6.45) is 2.47. The maximum Gasteiger partial charge on any atom is 0.314 e. The molecular weight excluding hydrogens is 271 g/mol. The van der Waals surface area contributed by atoms with Crippen molar-refractivity contribution in [3.63, 3.8) is 0 Å². The molecule has 3 nitrogen and oxygen atoms in total. The monoisotopic (exact) mass is 286 g/mol. The zero-order chi connectivity index (χ0) is 14.2. The van der Waals surface area contributed by atoms with Gasteiger partial charge in [-0.05, 0) is 25.3 Å². The van der Waals surface area contributed by atoms with E-state index in [1.165, 1.54) is 7.11 Å². The third-order valence-corrected chi connectivity index (χ3v) is 4.40. The summed E-state index contributed by atoms with van der Waals surface area (Å²) in [7, 11) is 1.33. The molecule has 1 aliphatic rings. The number of halogens is 2. The van der Waals surface area contributed by atoms with E-state index in [4.69, 9.17) is 16.3 Å². The van der Waals surface area contributed by atoms with Crippen LogP contribution in [0.5, 0.6) is 5.75 Å². The van der Waals surface area contributed by atoms with Crippen molar-refractivity contribution in [2.75, 3.05) is 7.11 Å². The van der Waals surface area contributed by atoms with Crippen LogP contribution in [-0.4, -0.2) is 18.2 Å². The Kier molecular flexibility index (Phi) is 3.72. The van der Waals surface area contributed by atoms with Gasteiger partial charge in [0.15, 0.2) is 11.6 Å². The second-order valence-electron chi connectivity index (χ2n) is 5.00. The Morgan fingerprint density at radius 1 is 1.47 bits per heavy atom. The van der Waals surface area contributed by atoms with Gasteiger partial charge in [0, 0.05) is 5.56 Å². The predicted molar refractivity (Wildman–Crippen MR) is 70.5 cm³/mol. The standard InChI is InChI=1S/C14H16ClFO3/c1-8-7-9(11(16)12(19-2)10(8)15)14(13(17)18)5-3-4-6-14/h7H,3-6H2,1-2H3,(H,17,18). The Hall–Kier alpha value is -1.29. The van der Waals surface area contributed by atoms with E-state index in [1.807, 2.05) is 0 Å². The molecule has 5 heteroatoms. The number of rotatable bonds is 3. The van der Waals surface area contributed by atoms with Crippen molar-refractivity contribution < 1.29 is 19.0 Å². The van der Waals surface area contributed by atoms with Gasteiger partial charge < -0.3 is 9.84 Å². The van der Waals surface area contributed by atoms with E-state index >= 15 is 0 Å². The van der Waals surface area contributed by atoms with Gasteiger partial charge in [-0.15, -0.1) is 0 Å². The van der Waals surface area contributed by atoms with Gasteiger partial charge in [0.05, 0.1) is 17.5 Å². The Bertz CT molecular complexity index is 522. The summed E-state index contributed by atoms with van der Waals surface area (Å²) >= 11 is 5.99. The SMILES string of the molecule is COc1c(F)c(C2(C(=O)O)CCCC2)cc(C)c1Cl. The maximum absolute atomic E-state index is 14.5. The van der Waals surface area contributed by atoms with Gasteiger partial charge in [-0.25, -0.2) is 4.39 Å². The first kappa shape index (κ1) is 14.1. The van der Waals surface area contributed by atoms with Crippen LogP contribution in [0.4, 0.5) is 4.39 Å². The van der Waals surface area contributed by atoms with Gasteiger partial charge in [-0.2, -0.15) is 0 Å². The molecule has 0 heterocycles. The first-order valence-electron chi connectivity index (χ1n) is 6.20. The third-order valence-electron chi connectivity index (χ3n) is 3.93. The Morgan fingerprint density at radius 2 is 2.05 bits per heavy atom. The van der Waals surface area contributed by atoms with Crippen LogP contribution in [-0.2, 0) is 10.2 Å². The molecule has 0 radical (unpaired) electrons. The number of methoxy groups -OCH3 is 1. The maximum atomic E-state index is 14.5. The zero-order valence-corrected chi connectivity index (χ0v) is 11.7. The molecule has 1 saturated carbocycles. The minimum Gasteiger partial charge on any atom is -0.492 e. The van der Waals surface area contributed by atoms with Crippen LogP contribution >= 0.6 is 11.6 Å². The largest absolute Gasteiger partial charge is 0.492 e. The van der Waals surface area contributed by atoms with E-state index in [2.05, 4.69) is 0 Å². The fourth-order valence-corrected chi connectivity index (χ4v) is 3.06. The highest BCUT2D eigenvalue weighted by Gasteiger charge is 2.45. The lowest BCUT2D eigenvalue weighted by Gasteiger charge is -2.26. The van der Waals surface area contributed by atoms with Gasteiger partial charge in [-0.3, -0.25) is 4.79 Å². The molecule has 0 amide bonds. The average molecular weight is 287 g/mol. The molecule has 1 aromatic rings. The molecular formula is C14H16ClFO3. The highest BCUT2D eigenvalue weighted by atomic mass is 35.5. The first-order valence-corrected chi connectivity index (χ1v) is 6.58. The smallest absolute Gasteiger partial charge is 0.314 e. The van der Waals surface area contributed by atoms with E-state index in [0.29, 0.717) is 18.4 Å². The third kappa shape index (κ3) is 2.08. The number of benzene rings is 1. The molecule has 0 bridgehead atoms. The normalized spacial score (nSPS) is 17.5. The van der Waals surface area contributed by atoms with Crippen LogP contribution in [0.1, 0.15) is 36.8 Å². The summed E-state index contributed by atoms with van der Waals surface area (Å²) in [4.78, 5) is 11.6. The Labute approximate surface area is 116 Å². The average Bonchev–Trinajstić information content (AvgIpc) is 2.85. The lowest BCUT2D eigenvalue weighted by molar-refractivity contribution is -0.143. The van der Waals surface area contributed by atoms with Gasteiger partial charge in [0.2, 0.25) is 0 Å². The molecule has 1 fully saturated rings. The number of hydrogen-bond acceptors (Lipinski definition) is 2. The van der Waals surface area contributed by atoms with Crippen molar-refractivity contribution in [1.82, 2.24) is 0 Å². The molecule has 0 aromatic heterocycles. The minimum atomic E-state index is -1.15. The molecule has 2 rings (SSSR count). The number of carboxylic acids is 1. The minimum absolute atomic E-state index is 0.0656. The summed E-state index contributed by atoms with van der Waals surface area (Å²) in [5.74, 6) is -1.70. The molecule has 0 atom stereocenters. The number of carbonyl (C=O) groups is 1. The predicted octanol–water partition coefficient (Wildman–Crippen LogP) is 3.69. The van der Waals surface area contributed by atoms with Crippen LogP contribution in [0.25, 0.3) is 0 Å². The molecule has 1 aromatic carbocycles. The van der Waals surface area contributed by atoms with E-state index in [0.717, 1.165) is 12.8 Å². The van der Waals surface area contributed by atoms with Crippen molar-refractivity contribution in [1.29, 1.82) is 0 Å². The van der Waals surface area contributed by atoms with Gasteiger partial charge in [-0.1, -0.05) is 30.5 Å². The second-order valence-corrected chi connectivity index (χ2v) is 5.37. The summed E-state index contributed by atoms with van der Waals surface area (Å²) in [6.45, 7) is 1.72. The lowest BCUT2D eigenvalue weighted by Crippen LogP contribution is -2.34. The summed E-state index contributed by atoms with van der Waals surface area (Å²) in [5.41, 5.74) is -0.328. The molecule has 19 heavy (non-hydrogen) atoms. The molecule has 1 N–H and O–H groups in total. The fourth-order valence-electron chi connectivity index (χ4n) is 2.85. The van der Waals surface area contributed by atoms with E-state index in [1.54, 1.807) is 13.0 Å². The van der Waals surface area contributed by atoms with E-state index in [-0.39, 0.29) is 16.3 Å². The van der Waals surface area contributed by atoms with Crippen LogP contribution in [0.3, 0.4) is 0 Å².